The number of rotatable bonds is 5. The number of hydrogen-bond acceptors (Lipinski definition) is 2. The van der Waals surface area contributed by atoms with Gasteiger partial charge in [-0.3, -0.25) is 4.90 Å². The third-order valence-corrected chi connectivity index (χ3v) is 4.59. The first-order valence-corrected chi connectivity index (χ1v) is 7.62. The van der Waals surface area contributed by atoms with Crippen molar-refractivity contribution in [2.75, 3.05) is 7.05 Å². The number of carbonyl (C=O) groups is 1. The molecule has 0 aliphatic heterocycles. The third kappa shape index (κ3) is 3.83. The first kappa shape index (κ1) is 15.0. The maximum atomic E-state index is 10.8. The molecule has 0 spiro atoms. The van der Waals surface area contributed by atoms with Crippen molar-refractivity contribution >= 4 is 5.97 Å². The van der Waals surface area contributed by atoms with Crippen molar-refractivity contribution in [3.05, 3.63) is 35.4 Å². The van der Waals surface area contributed by atoms with Crippen molar-refractivity contribution in [2.24, 2.45) is 5.92 Å². The molecule has 2 unspecified atom stereocenters. The van der Waals surface area contributed by atoms with E-state index in [1.807, 2.05) is 12.1 Å². The Balaban J connectivity index is 1.93. The third-order valence-electron chi connectivity index (χ3n) is 4.59. The van der Waals surface area contributed by atoms with Crippen molar-refractivity contribution in [1.29, 1.82) is 0 Å². The van der Waals surface area contributed by atoms with Gasteiger partial charge in [0.15, 0.2) is 0 Å². The van der Waals surface area contributed by atoms with Gasteiger partial charge in [0.1, 0.15) is 0 Å². The molecule has 1 aromatic carbocycles. The second-order valence-electron chi connectivity index (χ2n) is 6.01. The van der Waals surface area contributed by atoms with E-state index in [1.54, 1.807) is 12.1 Å². The van der Waals surface area contributed by atoms with Crippen molar-refractivity contribution in [2.45, 2.75) is 51.6 Å². The molecule has 0 aromatic heterocycles. The van der Waals surface area contributed by atoms with E-state index in [0.29, 0.717) is 11.6 Å². The van der Waals surface area contributed by atoms with Gasteiger partial charge in [0.25, 0.3) is 0 Å². The fourth-order valence-electron chi connectivity index (χ4n) is 3.20. The largest absolute Gasteiger partial charge is 0.478 e. The van der Waals surface area contributed by atoms with Crippen LogP contribution in [0.5, 0.6) is 0 Å². The van der Waals surface area contributed by atoms with E-state index in [0.717, 1.165) is 12.5 Å². The maximum Gasteiger partial charge on any atom is 0.335 e. The molecular weight excluding hydrogens is 250 g/mol. The number of hydrogen-bond donors (Lipinski definition) is 1. The second kappa shape index (κ2) is 6.89. The molecule has 1 aliphatic carbocycles. The average molecular weight is 275 g/mol. The van der Waals surface area contributed by atoms with Gasteiger partial charge in [-0.2, -0.15) is 0 Å². The molecule has 1 aliphatic rings. The lowest BCUT2D eigenvalue weighted by atomic mass is 9.83. The Kier molecular flexibility index (Phi) is 5.18. The standard InChI is InChI=1S/C17H25NO2/c1-3-13-5-4-6-16(11-13)18(2)12-14-7-9-15(10-8-14)17(19)20/h7-10,13,16H,3-6,11-12H2,1-2H3,(H,19,20). The fourth-order valence-corrected chi connectivity index (χ4v) is 3.20. The van der Waals surface area contributed by atoms with Gasteiger partial charge in [0, 0.05) is 12.6 Å². The average Bonchev–Trinajstić information content (AvgIpc) is 2.47. The molecule has 1 saturated carbocycles. The second-order valence-corrected chi connectivity index (χ2v) is 6.01. The Labute approximate surface area is 121 Å². The number of aromatic carboxylic acids is 1. The Hall–Kier alpha value is -1.35. The zero-order valence-corrected chi connectivity index (χ0v) is 12.5. The molecule has 0 saturated heterocycles. The first-order chi connectivity index (χ1) is 9.60. The predicted molar refractivity (Wildman–Crippen MR) is 80.9 cm³/mol. The van der Waals surface area contributed by atoms with E-state index >= 15 is 0 Å². The van der Waals surface area contributed by atoms with Gasteiger partial charge in [0.05, 0.1) is 5.56 Å². The molecule has 0 bridgehead atoms. The van der Waals surface area contributed by atoms with Crippen molar-refractivity contribution in [1.82, 2.24) is 4.90 Å². The Morgan fingerprint density at radius 1 is 1.30 bits per heavy atom. The highest BCUT2D eigenvalue weighted by Gasteiger charge is 2.23. The topological polar surface area (TPSA) is 40.5 Å². The number of carboxylic acids is 1. The molecule has 1 aromatic rings. The lowest BCUT2D eigenvalue weighted by molar-refractivity contribution is 0.0697. The van der Waals surface area contributed by atoms with Crippen LogP contribution in [0.2, 0.25) is 0 Å². The maximum absolute atomic E-state index is 10.8. The summed E-state index contributed by atoms with van der Waals surface area (Å²) >= 11 is 0. The van der Waals surface area contributed by atoms with Gasteiger partial charge in [-0.1, -0.05) is 38.3 Å². The van der Waals surface area contributed by atoms with Gasteiger partial charge >= 0.3 is 5.97 Å². The number of nitrogens with zero attached hydrogens (tertiary/aromatic N) is 1. The normalized spacial score (nSPS) is 22.9. The van der Waals surface area contributed by atoms with Crippen LogP contribution in [0, 0.1) is 5.92 Å². The Bertz CT molecular complexity index is 441. The summed E-state index contributed by atoms with van der Waals surface area (Å²) in [4.78, 5) is 13.3. The summed E-state index contributed by atoms with van der Waals surface area (Å²) in [6, 6.07) is 7.93. The van der Waals surface area contributed by atoms with Crippen molar-refractivity contribution in [3.8, 4) is 0 Å². The minimum atomic E-state index is -0.858. The predicted octanol–water partition coefficient (Wildman–Crippen LogP) is 3.79. The highest BCUT2D eigenvalue weighted by molar-refractivity contribution is 5.87. The van der Waals surface area contributed by atoms with Crippen LogP contribution in [0.4, 0.5) is 0 Å². The Morgan fingerprint density at radius 2 is 2.00 bits per heavy atom. The van der Waals surface area contributed by atoms with E-state index in [2.05, 4.69) is 18.9 Å². The minimum absolute atomic E-state index is 0.361. The van der Waals surface area contributed by atoms with Gasteiger partial charge in [-0.05, 0) is 43.5 Å². The zero-order chi connectivity index (χ0) is 14.5. The highest BCUT2D eigenvalue weighted by atomic mass is 16.4. The van der Waals surface area contributed by atoms with Crippen molar-refractivity contribution in [3.63, 3.8) is 0 Å². The molecule has 1 N–H and O–H groups in total. The molecule has 2 atom stereocenters. The molecule has 110 valence electrons. The van der Waals surface area contributed by atoms with E-state index in [4.69, 9.17) is 5.11 Å². The van der Waals surface area contributed by atoms with Crippen LogP contribution in [0.3, 0.4) is 0 Å². The van der Waals surface area contributed by atoms with Gasteiger partial charge < -0.3 is 5.11 Å². The monoisotopic (exact) mass is 275 g/mol. The zero-order valence-electron chi connectivity index (χ0n) is 12.5. The molecule has 0 amide bonds. The number of benzene rings is 1. The summed E-state index contributed by atoms with van der Waals surface area (Å²) in [5.74, 6) is 0.0218. The Morgan fingerprint density at radius 3 is 2.60 bits per heavy atom. The lowest BCUT2D eigenvalue weighted by Crippen LogP contribution is -2.35. The number of carboxylic acid groups (broad SMARTS) is 1. The first-order valence-electron chi connectivity index (χ1n) is 7.62. The molecule has 0 radical (unpaired) electrons. The molecule has 3 nitrogen and oxygen atoms in total. The molecule has 20 heavy (non-hydrogen) atoms. The van der Waals surface area contributed by atoms with Crippen LogP contribution < -0.4 is 0 Å². The van der Waals surface area contributed by atoms with Crippen LogP contribution in [-0.2, 0) is 6.54 Å². The lowest BCUT2D eigenvalue weighted by Gasteiger charge is -2.35. The molecule has 1 fully saturated rings. The van der Waals surface area contributed by atoms with E-state index in [-0.39, 0.29) is 0 Å². The summed E-state index contributed by atoms with van der Waals surface area (Å²) in [7, 11) is 2.19. The van der Waals surface area contributed by atoms with Crippen LogP contribution in [0.15, 0.2) is 24.3 Å². The van der Waals surface area contributed by atoms with E-state index in [1.165, 1.54) is 37.7 Å². The SMILES string of the molecule is CCC1CCCC(N(C)Cc2ccc(C(=O)O)cc2)C1. The van der Waals surface area contributed by atoms with E-state index in [9.17, 15) is 4.79 Å². The molecule has 3 heteroatoms. The quantitative estimate of drug-likeness (QED) is 0.889. The minimum Gasteiger partial charge on any atom is -0.478 e. The summed E-state index contributed by atoms with van der Waals surface area (Å²) in [5, 5.41) is 8.91. The fraction of sp³-hybridized carbons (Fsp3) is 0.588. The van der Waals surface area contributed by atoms with Crippen LogP contribution in [-0.4, -0.2) is 29.1 Å². The van der Waals surface area contributed by atoms with Crippen LogP contribution >= 0.6 is 0 Å². The van der Waals surface area contributed by atoms with Crippen LogP contribution in [0.25, 0.3) is 0 Å². The van der Waals surface area contributed by atoms with Gasteiger partial charge in [0.2, 0.25) is 0 Å². The molecule has 2 rings (SSSR count). The van der Waals surface area contributed by atoms with Gasteiger partial charge in [-0.15, -0.1) is 0 Å². The summed E-state index contributed by atoms with van der Waals surface area (Å²) < 4.78 is 0. The van der Waals surface area contributed by atoms with E-state index < -0.39 is 5.97 Å². The van der Waals surface area contributed by atoms with Crippen molar-refractivity contribution < 1.29 is 9.90 Å². The van der Waals surface area contributed by atoms with Crippen LogP contribution in [0.1, 0.15) is 54.9 Å². The summed E-state index contributed by atoms with van der Waals surface area (Å²) in [6.45, 7) is 3.19. The smallest absolute Gasteiger partial charge is 0.335 e. The van der Waals surface area contributed by atoms with Gasteiger partial charge in [-0.25, -0.2) is 4.79 Å². The summed E-state index contributed by atoms with van der Waals surface area (Å²) in [5.41, 5.74) is 1.55. The molecular formula is C17H25NO2. The molecule has 0 heterocycles. The highest BCUT2D eigenvalue weighted by Crippen LogP contribution is 2.29. The summed E-state index contributed by atoms with van der Waals surface area (Å²) in [6.07, 6.45) is 6.61.